The molecule has 24 heavy (non-hydrogen) atoms. The van der Waals surface area contributed by atoms with Crippen LogP contribution in [0, 0.1) is 11.3 Å². The first-order valence-corrected chi connectivity index (χ1v) is 7.72. The monoisotopic (exact) mass is 332 g/mol. The summed E-state index contributed by atoms with van der Waals surface area (Å²) in [7, 11) is 0. The van der Waals surface area contributed by atoms with Gasteiger partial charge >= 0.3 is 6.03 Å². The van der Waals surface area contributed by atoms with Crippen LogP contribution in [0.1, 0.15) is 40.2 Å². The molecule has 1 aromatic rings. The lowest BCUT2D eigenvalue weighted by molar-refractivity contribution is -0.123. The molecule has 1 aromatic carbocycles. The summed E-state index contributed by atoms with van der Waals surface area (Å²) >= 11 is 0. The lowest BCUT2D eigenvalue weighted by Gasteiger charge is -2.23. The number of hydrogen-bond acceptors (Lipinski definition) is 4. The van der Waals surface area contributed by atoms with Gasteiger partial charge in [0.15, 0.2) is 0 Å². The fraction of sp³-hybridized carbons (Fsp3) is 0.471. The number of carbonyl (C=O) groups is 2. The number of nitrogens with zero attached hydrogens (tertiary/aromatic N) is 1. The average Bonchev–Trinajstić information content (AvgIpc) is 2.47. The molecule has 0 fully saturated rings. The third-order valence-electron chi connectivity index (χ3n) is 2.90. The maximum absolute atomic E-state index is 12.1. The van der Waals surface area contributed by atoms with E-state index in [1.165, 1.54) is 6.07 Å². The Morgan fingerprint density at radius 1 is 1.33 bits per heavy atom. The van der Waals surface area contributed by atoms with Gasteiger partial charge in [-0.3, -0.25) is 4.79 Å². The van der Waals surface area contributed by atoms with Gasteiger partial charge < -0.3 is 20.7 Å². The van der Waals surface area contributed by atoms with E-state index in [0.717, 1.165) is 0 Å². The molecule has 0 saturated heterocycles. The lowest BCUT2D eigenvalue weighted by Crippen LogP contribution is -2.51. The van der Waals surface area contributed by atoms with E-state index in [-0.39, 0.29) is 11.4 Å². The van der Waals surface area contributed by atoms with E-state index in [2.05, 4.69) is 16.0 Å². The topological polar surface area (TPSA) is 103 Å². The van der Waals surface area contributed by atoms with Crippen molar-refractivity contribution in [2.24, 2.45) is 0 Å². The summed E-state index contributed by atoms with van der Waals surface area (Å²) in [6.07, 6.45) is 0. The summed E-state index contributed by atoms with van der Waals surface area (Å²) < 4.78 is 5.42. The molecule has 3 amide bonds. The van der Waals surface area contributed by atoms with Gasteiger partial charge in [-0.1, -0.05) is 0 Å². The summed E-state index contributed by atoms with van der Waals surface area (Å²) in [5.74, 6) is 0.173. The summed E-state index contributed by atoms with van der Waals surface area (Å²) in [5, 5.41) is 16.9. The van der Waals surface area contributed by atoms with Crippen LogP contribution in [0.15, 0.2) is 18.2 Å². The summed E-state index contributed by atoms with van der Waals surface area (Å²) in [6.45, 7) is 9.42. The number of urea groups is 1. The second-order valence-electron chi connectivity index (χ2n) is 6.32. The van der Waals surface area contributed by atoms with Crippen molar-refractivity contribution in [3.05, 3.63) is 23.8 Å². The number of anilines is 1. The van der Waals surface area contributed by atoms with Gasteiger partial charge in [0.25, 0.3) is 0 Å². The van der Waals surface area contributed by atoms with Gasteiger partial charge in [-0.2, -0.15) is 5.26 Å². The first kappa shape index (κ1) is 19.3. The molecule has 0 aromatic heterocycles. The Morgan fingerprint density at radius 2 is 2.00 bits per heavy atom. The largest absolute Gasteiger partial charge is 0.492 e. The summed E-state index contributed by atoms with van der Waals surface area (Å²) in [4.78, 5) is 24.1. The van der Waals surface area contributed by atoms with E-state index in [0.29, 0.717) is 23.6 Å². The first-order valence-electron chi connectivity index (χ1n) is 7.72. The fourth-order valence-corrected chi connectivity index (χ4v) is 1.88. The Balaban J connectivity index is 2.77. The predicted octanol–water partition coefficient (Wildman–Crippen LogP) is 2.38. The molecule has 0 radical (unpaired) electrons. The molecule has 0 saturated carbocycles. The molecule has 130 valence electrons. The van der Waals surface area contributed by atoms with Crippen molar-refractivity contribution in [2.75, 3.05) is 11.9 Å². The van der Waals surface area contributed by atoms with E-state index in [1.807, 2.05) is 33.8 Å². The van der Waals surface area contributed by atoms with E-state index >= 15 is 0 Å². The number of nitriles is 1. The fourth-order valence-electron chi connectivity index (χ4n) is 1.88. The van der Waals surface area contributed by atoms with E-state index in [1.54, 1.807) is 19.1 Å². The first-order chi connectivity index (χ1) is 11.2. The molecule has 1 rings (SSSR count). The molecule has 0 aliphatic carbocycles. The number of ether oxygens (including phenoxy) is 1. The van der Waals surface area contributed by atoms with Crippen LogP contribution in [-0.2, 0) is 4.79 Å². The summed E-state index contributed by atoms with van der Waals surface area (Å²) in [5.41, 5.74) is 0.386. The van der Waals surface area contributed by atoms with Crippen LogP contribution in [0.5, 0.6) is 5.75 Å². The minimum absolute atomic E-state index is 0.284. The van der Waals surface area contributed by atoms with Gasteiger partial charge in [0.05, 0.1) is 23.9 Å². The molecule has 1 atom stereocenters. The van der Waals surface area contributed by atoms with Crippen molar-refractivity contribution in [1.29, 1.82) is 5.26 Å². The number of carbonyl (C=O) groups excluding carboxylic acids is 2. The van der Waals surface area contributed by atoms with Crippen LogP contribution >= 0.6 is 0 Å². The zero-order valence-electron chi connectivity index (χ0n) is 14.7. The van der Waals surface area contributed by atoms with E-state index in [9.17, 15) is 9.59 Å². The minimum atomic E-state index is -0.709. The predicted molar refractivity (Wildman–Crippen MR) is 91.8 cm³/mol. The van der Waals surface area contributed by atoms with Gasteiger partial charge in [0, 0.05) is 5.54 Å². The Hall–Kier alpha value is -2.75. The van der Waals surface area contributed by atoms with Gasteiger partial charge in [-0.15, -0.1) is 0 Å². The Bertz CT molecular complexity index is 644. The number of amides is 3. The molecule has 0 bridgehead atoms. The molecule has 0 aliphatic rings. The SMILES string of the molecule is CCOc1ccc(C#N)cc1NC(=O)N[C@@H](C)C(=O)NC(C)(C)C. The third-order valence-corrected chi connectivity index (χ3v) is 2.90. The van der Waals surface area contributed by atoms with E-state index < -0.39 is 12.1 Å². The van der Waals surface area contributed by atoms with Crippen LogP contribution in [-0.4, -0.2) is 30.1 Å². The van der Waals surface area contributed by atoms with Gasteiger partial charge in [-0.25, -0.2) is 4.79 Å². The molecule has 0 aliphatic heterocycles. The highest BCUT2D eigenvalue weighted by molar-refractivity contribution is 5.94. The highest BCUT2D eigenvalue weighted by Crippen LogP contribution is 2.25. The Kier molecular flexibility index (Phi) is 6.59. The lowest BCUT2D eigenvalue weighted by atomic mass is 10.1. The quantitative estimate of drug-likeness (QED) is 0.770. The zero-order chi connectivity index (χ0) is 18.3. The second kappa shape index (κ2) is 8.20. The molecule has 0 heterocycles. The van der Waals surface area contributed by atoms with Gasteiger partial charge in [0.2, 0.25) is 5.91 Å². The van der Waals surface area contributed by atoms with Crippen LogP contribution < -0.4 is 20.7 Å². The zero-order valence-corrected chi connectivity index (χ0v) is 14.7. The maximum Gasteiger partial charge on any atom is 0.319 e. The summed E-state index contributed by atoms with van der Waals surface area (Å²) in [6, 6.07) is 5.48. The normalized spacial score (nSPS) is 11.8. The van der Waals surface area contributed by atoms with Crippen molar-refractivity contribution in [2.45, 2.75) is 46.2 Å². The van der Waals surface area contributed by atoms with Crippen molar-refractivity contribution < 1.29 is 14.3 Å². The Labute approximate surface area is 142 Å². The van der Waals surface area contributed by atoms with Crippen molar-refractivity contribution >= 4 is 17.6 Å². The smallest absolute Gasteiger partial charge is 0.319 e. The third kappa shape index (κ3) is 6.16. The Morgan fingerprint density at radius 3 is 2.54 bits per heavy atom. The van der Waals surface area contributed by atoms with Crippen LogP contribution in [0.2, 0.25) is 0 Å². The van der Waals surface area contributed by atoms with Gasteiger partial charge in [-0.05, 0) is 52.8 Å². The highest BCUT2D eigenvalue weighted by Gasteiger charge is 2.21. The average molecular weight is 332 g/mol. The molecule has 3 N–H and O–H groups in total. The maximum atomic E-state index is 12.1. The van der Waals surface area contributed by atoms with Crippen molar-refractivity contribution in [3.63, 3.8) is 0 Å². The van der Waals surface area contributed by atoms with Crippen LogP contribution in [0.3, 0.4) is 0 Å². The van der Waals surface area contributed by atoms with Crippen LogP contribution in [0.4, 0.5) is 10.5 Å². The molecule has 0 unspecified atom stereocenters. The molecule has 0 spiro atoms. The standard InChI is InChI=1S/C17H24N4O3/c1-6-24-14-8-7-12(10-18)9-13(14)20-16(23)19-11(2)15(22)21-17(3,4)5/h7-9,11H,6H2,1-5H3,(H,21,22)(H2,19,20,23)/t11-/m0/s1. The number of rotatable bonds is 5. The minimum Gasteiger partial charge on any atom is -0.492 e. The number of hydrogen-bond donors (Lipinski definition) is 3. The number of benzene rings is 1. The molecular formula is C17H24N4O3. The molecule has 7 nitrogen and oxygen atoms in total. The van der Waals surface area contributed by atoms with Crippen molar-refractivity contribution in [1.82, 2.24) is 10.6 Å². The van der Waals surface area contributed by atoms with Gasteiger partial charge in [0.1, 0.15) is 11.8 Å². The van der Waals surface area contributed by atoms with Crippen molar-refractivity contribution in [3.8, 4) is 11.8 Å². The van der Waals surface area contributed by atoms with E-state index in [4.69, 9.17) is 10.00 Å². The molecule has 7 heteroatoms. The second-order valence-corrected chi connectivity index (χ2v) is 6.32. The van der Waals surface area contributed by atoms with Crippen LogP contribution in [0.25, 0.3) is 0 Å². The molecular weight excluding hydrogens is 308 g/mol. The number of nitrogens with one attached hydrogen (secondary N) is 3. The highest BCUT2D eigenvalue weighted by atomic mass is 16.5.